The molecule has 2 aromatic rings. The van der Waals surface area contributed by atoms with Crippen molar-refractivity contribution in [1.82, 2.24) is 14.9 Å². The molecular weight excluding hydrogens is 262 g/mol. The summed E-state index contributed by atoms with van der Waals surface area (Å²) in [5.41, 5.74) is 5.01. The maximum Gasteiger partial charge on any atom is 0.113 e. The van der Waals surface area contributed by atoms with E-state index in [9.17, 15) is 0 Å². The number of hydrogen-bond donors (Lipinski definition) is 1. The molecule has 0 fully saturated rings. The van der Waals surface area contributed by atoms with Crippen LogP contribution in [0, 0.1) is 0 Å². The zero-order chi connectivity index (χ0) is 14.7. The maximum absolute atomic E-state index is 5.36. The number of aryl methyl sites for hydroxylation is 1. The van der Waals surface area contributed by atoms with Gasteiger partial charge in [0.1, 0.15) is 5.82 Å². The zero-order valence-corrected chi connectivity index (χ0v) is 12.9. The Morgan fingerprint density at radius 2 is 2.19 bits per heavy atom. The predicted octanol–water partition coefficient (Wildman–Crippen LogP) is 2.62. The molecule has 112 valence electrons. The lowest BCUT2D eigenvalue weighted by molar-refractivity contribution is 0.184. The fourth-order valence-corrected chi connectivity index (χ4v) is 3.05. The predicted molar refractivity (Wildman–Crippen MR) is 83.7 cm³/mol. The van der Waals surface area contributed by atoms with Gasteiger partial charge in [0, 0.05) is 44.3 Å². The zero-order valence-electron chi connectivity index (χ0n) is 12.9. The SMILES string of the molecule is CCCc1nc2c(n1-c1ccccc1COC)CCNC2. The second-order valence-corrected chi connectivity index (χ2v) is 5.50. The Labute approximate surface area is 126 Å². The largest absolute Gasteiger partial charge is 0.380 e. The molecule has 1 aliphatic heterocycles. The van der Waals surface area contributed by atoms with Gasteiger partial charge in [-0.25, -0.2) is 4.98 Å². The number of imidazole rings is 1. The normalized spacial score (nSPS) is 14.2. The first-order chi connectivity index (χ1) is 10.3. The van der Waals surface area contributed by atoms with E-state index in [0.717, 1.165) is 32.4 Å². The van der Waals surface area contributed by atoms with Gasteiger partial charge in [-0.15, -0.1) is 0 Å². The first kappa shape index (κ1) is 14.3. The molecule has 0 atom stereocenters. The van der Waals surface area contributed by atoms with E-state index in [2.05, 4.69) is 41.1 Å². The Bertz CT molecular complexity index is 618. The fraction of sp³-hybridized carbons (Fsp3) is 0.471. The van der Waals surface area contributed by atoms with E-state index < -0.39 is 0 Å². The van der Waals surface area contributed by atoms with Gasteiger partial charge in [-0.3, -0.25) is 4.57 Å². The summed E-state index contributed by atoms with van der Waals surface area (Å²) in [6.45, 7) is 4.74. The molecule has 0 amide bonds. The number of nitrogens with one attached hydrogen (secondary N) is 1. The standard InChI is InChI=1S/C17H23N3O/c1-3-6-17-19-14-11-18-10-9-16(14)20(17)15-8-5-4-7-13(15)12-21-2/h4-5,7-8,18H,3,6,9-12H2,1-2H3. The van der Waals surface area contributed by atoms with Crippen molar-refractivity contribution in [3.63, 3.8) is 0 Å². The summed E-state index contributed by atoms with van der Waals surface area (Å²) in [6, 6.07) is 8.49. The second-order valence-electron chi connectivity index (χ2n) is 5.50. The highest BCUT2D eigenvalue weighted by Crippen LogP contribution is 2.25. The quantitative estimate of drug-likeness (QED) is 0.918. The first-order valence-corrected chi connectivity index (χ1v) is 7.72. The molecule has 0 bridgehead atoms. The van der Waals surface area contributed by atoms with Crippen molar-refractivity contribution >= 4 is 0 Å². The molecule has 1 N–H and O–H groups in total. The number of para-hydroxylation sites is 1. The molecule has 1 aromatic carbocycles. The molecule has 21 heavy (non-hydrogen) atoms. The molecule has 0 radical (unpaired) electrons. The number of hydrogen-bond acceptors (Lipinski definition) is 3. The highest BCUT2D eigenvalue weighted by Gasteiger charge is 2.21. The monoisotopic (exact) mass is 285 g/mol. The van der Waals surface area contributed by atoms with E-state index in [4.69, 9.17) is 9.72 Å². The van der Waals surface area contributed by atoms with Gasteiger partial charge in [0.15, 0.2) is 0 Å². The highest BCUT2D eigenvalue weighted by atomic mass is 16.5. The molecule has 3 rings (SSSR count). The molecule has 0 spiro atoms. The van der Waals surface area contributed by atoms with Crippen LogP contribution < -0.4 is 5.32 Å². The van der Waals surface area contributed by atoms with Crippen LogP contribution in [0.15, 0.2) is 24.3 Å². The summed E-state index contributed by atoms with van der Waals surface area (Å²) in [6.07, 6.45) is 3.15. The van der Waals surface area contributed by atoms with Crippen molar-refractivity contribution in [2.24, 2.45) is 0 Å². The van der Waals surface area contributed by atoms with Crippen LogP contribution in [0.4, 0.5) is 0 Å². The topological polar surface area (TPSA) is 39.1 Å². The van der Waals surface area contributed by atoms with Crippen molar-refractivity contribution in [3.8, 4) is 5.69 Å². The highest BCUT2D eigenvalue weighted by molar-refractivity contribution is 5.45. The summed E-state index contributed by atoms with van der Waals surface area (Å²) >= 11 is 0. The number of benzene rings is 1. The van der Waals surface area contributed by atoms with Crippen LogP contribution >= 0.6 is 0 Å². The Morgan fingerprint density at radius 3 is 3.00 bits per heavy atom. The molecular formula is C17H23N3O. The average Bonchev–Trinajstić information content (AvgIpc) is 2.86. The van der Waals surface area contributed by atoms with Crippen LogP contribution in [0.1, 0.15) is 36.1 Å². The minimum Gasteiger partial charge on any atom is -0.380 e. The Morgan fingerprint density at radius 1 is 1.33 bits per heavy atom. The van der Waals surface area contributed by atoms with Gasteiger partial charge in [0.2, 0.25) is 0 Å². The molecule has 0 saturated heterocycles. The lowest BCUT2D eigenvalue weighted by atomic mass is 10.1. The van der Waals surface area contributed by atoms with E-state index in [0.29, 0.717) is 6.61 Å². The van der Waals surface area contributed by atoms with Gasteiger partial charge in [0.05, 0.1) is 18.0 Å². The third kappa shape index (κ3) is 2.74. The van der Waals surface area contributed by atoms with Crippen molar-refractivity contribution in [2.45, 2.75) is 39.3 Å². The van der Waals surface area contributed by atoms with E-state index >= 15 is 0 Å². The van der Waals surface area contributed by atoms with Crippen LogP contribution in [-0.4, -0.2) is 23.2 Å². The minimum atomic E-state index is 0.632. The summed E-state index contributed by atoms with van der Waals surface area (Å²) < 4.78 is 7.73. The Balaban J connectivity index is 2.14. The molecule has 4 nitrogen and oxygen atoms in total. The lowest BCUT2D eigenvalue weighted by Crippen LogP contribution is -2.25. The maximum atomic E-state index is 5.36. The van der Waals surface area contributed by atoms with E-state index in [1.54, 1.807) is 7.11 Å². The number of ether oxygens (including phenoxy) is 1. The average molecular weight is 285 g/mol. The molecule has 1 aliphatic rings. The van der Waals surface area contributed by atoms with Gasteiger partial charge < -0.3 is 10.1 Å². The number of fused-ring (bicyclic) bond motifs is 1. The van der Waals surface area contributed by atoms with Crippen LogP contribution in [0.3, 0.4) is 0 Å². The smallest absolute Gasteiger partial charge is 0.113 e. The molecule has 2 heterocycles. The summed E-state index contributed by atoms with van der Waals surface area (Å²) in [5.74, 6) is 1.18. The van der Waals surface area contributed by atoms with Crippen LogP contribution in [-0.2, 0) is 30.7 Å². The lowest BCUT2D eigenvalue weighted by Gasteiger charge is -2.18. The number of nitrogens with zero attached hydrogens (tertiary/aromatic N) is 2. The van der Waals surface area contributed by atoms with E-state index in [-0.39, 0.29) is 0 Å². The molecule has 0 aliphatic carbocycles. The van der Waals surface area contributed by atoms with E-state index in [1.165, 1.54) is 28.5 Å². The van der Waals surface area contributed by atoms with Gasteiger partial charge in [-0.2, -0.15) is 0 Å². The third-order valence-corrected chi connectivity index (χ3v) is 3.96. The van der Waals surface area contributed by atoms with Crippen molar-refractivity contribution in [3.05, 3.63) is 47.0 Å². The van der Waals surface area contributed by atoms with Crippen LogP contribution in [0.2, 0.25) is 0 Å². The molecule has 0 unspecified atom stereocenters. The number of methoxy groups -OCH3 is 1. The molecule has 0 saturated carbocycles. The number of rotatable bonds is 5. The second kappa shape index (κ2) is 6.41. The van der Waals surface area contributed by atoms with Gasteiger partial charge in [-0.1, -0.05) is 25.1 Å². The summed E-state index contributed by atoms with van der Waals surface area (Å²) in [7, 11) is 1.75. The first-order valence-electron chi connectivity index (χ1n) is 7.72. The number of aromatic nitrogens is 2. The van der Waals surface area contributed by atoms with E-state index in [1.807, 2.05) is 0 Å². The summed E-state index contributed by atoms with van der Waals surface area (Å²) in [5, 5.41) is 3.41. The van der Waals surface area contributed by atoms with Crippen molar-refractivity contribution in [1.29, 1.82) is 0 Å². The van der Waals surface area contributed by atoms with Crippen LogP contribution in [0.25, 0.3) is 5.69 Å². The Hall–Kier alpha value is -1.65. The van der Waals surface area contributed by atoms with Crippen LogP contribution in [0.5, 0.6) is 0 Å². The van der Waals surface area contributed by atoms with Crippen molar-refractivity contribution in [2.75, 3.05) is 13.7 Å². The van der Waals surface area contributed by atoms with Gasteiger partial charge in [-0.05, 0) is 12.5 Å². The molecule has 1 aromatic heterocycles. The third-order valence-electron chi connectivity index (χ3n) is 3.96. The molecule has 4 heteroatoms. The van der Waals surface area contributed by atoms with Gasteiger partial charge in [0.25, 0.3) is 0 Å². The summed E-state index contributed by atoms with van der Waals surface area (Å²) in [4.78, 5) is 4.88. The fourth-order valence-electron chi connectivity index (χ4n) is 3.05. The minimum absolute atomic E-state index is 0.632. The van der Waals surface area contributed by atoms with Gasteiger partial charge >= 0.3 is 0 Å². The van der Waals surface area contributed by atoms with Crippen molar-refractivity contribution < 1.29 is 4.74 Å². The Kier molecular flexibility index (Phi) is 4.36.